The average molecular weight is 468 g/mol. The highest BCUT2D eigenvalue weighted by Gasteiger charge is 2.22. The van der Waals surface area contributed by atoms with Crippen LogP contribution in [0.1, 0.15) is 37.1 Å². The van der Waals surface area contributed by atoms with E-state index in [-0.39, 0.29) is 5.91 Å². The maximum atomic E-state index is 12.7. The van der Waals surface area contributed by atoms with Crippen molar-refractivity contribution in [1.29, 1.82) is 0 Å². The number of amides is 1. The van der Waals surface area contributed by atoms with Crippen molar-refractivity contribution in [3.8, 4) is 11.3 Å². The number of aromatic nitrogens is 1. The van der Waals surface area contributed by atoms with Gasteiger partial charge in [0.2, 0.25) is 5.91 Å². The minimum Gasteiger partial charge on any atom is -0.612 e. The molecule has 32 heavy (non-hydrogen) atoms. The molecule has 1 unspecified atom stereocenters. The molecule has 0 radical (unpaired) electrons. The van der Waals surface area contributed by atoms with E-state index in [0.29, 0.717) is 25.0 Å². The maximum Gasteiger partial charge on any atom is 0.248 e. The van der Waals surface area contributed by atoms with E-state index in [1.54, 1.807) is 17.5 Å². The van der Waals surface area contributed by atoms with Crippen LogP contribution in [0.5, 0.6) is 0 Å². The summed E-state index contributed by atoms with van der Waals surface area (Å²) in [7, 11) is -1.79. The van der Waals surface area contributed by atoms with Crippen LogP contribution in [0.4, 0.5) is 0 Å². The fourth-order valence-electron chi connectivity index (χ4n) is 3.38. The number of hydrogen-bond donors (Lipinski definition) is 1. The largest absolute Gasteiger partial charge is 0.612 e. The highest BCUT2D eigenvalue weighted by molar-refractivity contribution is 7.39. The predicted octanol–water partition coefficient (Wildman–Crippen LogP) is 5.41. The van der Waals surface area contributed by atoms with Crippen LogP contribution in [0.25, 0.3) is 11.3 Å². The van der Waals surface area contributed by atoms with Gasteiger partial charge in [-0.1, -0.05) is 50.2 Å². The van der Waals surface area contributed by atoms with Crippen LogP contribution in [-0.4, -0.2) is 23.5 Å². The fourth-order valence-corrected chi connectivity index (χ4v) is 5.47. The lowest BCUT2D eigenvalue weighted by Crippen LogP contribution is -2.35. The Morgan fingerprint density at radius 1 is 1.16 bits per heavy atom. The van der Waals surface area contributed by atoms with Crippen molar-refractivity contribution in [2.45, 2.75) is 45.3 Å². The van der Waals surface area contributed by atoms with Crippen LogP contribution < -0.4 is 10.2 Å². The number of hydrogen-bond acceptors (Lipinski definition) is 5. The predicted molar refractivity (Wildman–Crippen MR) is 132 cm³/mol. The smallest absolute Gasteiger partial charge is 0.248 e. The SMILES string of the molecule is CC(C)C[C@H](N=[P+]([O-])Cc1cccs1)C(=O)NCCCc1ccc(-c2ccccn2)cc1. The molecule has 7 heteroatoms. The quantitative estimate of drug-likeness (QED) is 0.302. The lowest BCUT2D eigenvalue weighted by Gasteiger charge is -2.13. The van der Waals surface area contributed by atoms with E-state index in [0.717, 1.165) is 29.0 Å². The van der Waals surface area contributed by atoms with Gasteiger partial charge < -0.3 is 10.2 Å². The van der Waals surface area contributed by atoms with E-state index >= 15 is 0 Å². The highest BCUT2D eigenvalue weighted by Crippen LogP contribution is 2.27. The molecular weight excluding hydrogens is 437 g/mol. The molecule has 0 aliphatic carbocycles. The van der Waals surface area contributed by atoms with Gasteiger partial charge in [-0.2, -0.15) is 0 Å². The van der Waals surface area contributed by atoms with E-state index in [2.05, 4.69) is 53.2 Å². The molecular formula is C25H30N3O2PS. The maximum absolute atomic E-state index is 12.7. The normalized spacial score (nSPS) is 12.7. The van der Waals surface area contributed by atoms with Crippen molar-refractivity contribution >= 4 is 25.2 Å². The third-order valence-corrected chi connectivity index (χ3v) is 7.23. The number of carbonyl (C=O) groups is 1. The van der Waals surface area contributed by atoms with Crippen LogP contribution in [0, 0.1) is 5.92 Å². The Morgan fingerprint density at radius 2 is 1.97 bits per heavy atom. The minimum absolute atomic E-state index is 0.126. The summed E-state index contributed by atoms with van der Waals surface area (Å²) < 4.78 is 4.36. The third kappa shape index (κ3) is 7.94. The van der Waals surface area contributed by atoms with Crippen molar-refractivity contribution in [3.63, 3.8) is 0 Å². The number of carbonyl (C=O) groups excluding carboxylic acids is 1. The molecule has 0 spiro atoms. The zero-order chi connectivity index (χ0) is 22.8. The molecule has 2 heterocycles. The second-order valence-corrected chi connectivity index (χ2v) is 10.4. The van der Waals surface area contributed by atoms with Gasteiger partial charge in [-0.15, -0.1) is 16.1 Å². The molecule has 0 saturated carbocycles. The summed E-state index contributed by atoms with van der Waals surface area (Å²) in [5, 5.41) is 4.95. The van der Waals surface area contributed by atoms with Gasteiger partial charge in [0.25, 0.3) is 0 Å². The third-order valence-electron chi connectivity index (χ3n) is 4.99. The Bertz CT molecular complexity index is 990. The first-order valence-corrected chi connectivity index (χ1v) is 13.2. The van der Waals surface area contributed by atoms with Crippen LogP contribution in [-0.2, 0) is 17.4 Å². The molecule has 0 aliphatic heterocycles. The van der Waals surface area contributed by atoms with Crippen molar-refractivity contribution in [1.82, 2.24) is 10.3 Å². The van der Waals surface area contributed by atoms with Gasteiger partial charge in [0.15, 0.2) is 20.1 Å². The molecule has 3 aromatic rings. The summed E-state index contributed by atoms with van der Waals surface area (Å²) >= 11 is 1.57. The van der Waals surface area contributed by atoms with E-state index in [1.165, 1.54) is 5.56 Å². The number of aryl methyl sites for hydroxylation is 1. The Labute approximate surface area is 195 Å². The van der Waals surface area contributed by atoms with Crippen LogP contribution in [0.3, 0.4) is 0 Å². The topological polar surface area (TPSA) is 77.4 Å². The number of rotatable bonds is 11. The highest BCUT2D eigenvalue weighted by atomic mass is 32.1. The van der Waals surface area contributed by atoms with Crippen molar-refractivity contribution in [2.24, 2.45) is 10.7 Å². The van der Waals surface area contributed by atoms with Gasteiger partial charge in [-0.05, 0) is 54.3 Å². The number of nitrogens with zero attached hydrogens (tertiary/aromatic N) is 2. The van der Waals surface area contributed by atoms with Crippen LogP contribution >= 0.6 is 19.3 Å². The van der Waals surface area contributed by atoms with Crippen LogP contribution in [0.2, 0.25) is 0 Å². The number of benzene rings is 1. The van der Waals surface area contributed by atoms with E-state index in [1.807, 2.05) is 35.7 Å². The van der Waals surface area contributed by atoms with E-state index < -0.39 is 14.0 Å². The van der Waals surface area contributed by atoms with Crippen LogP contribution in [0.15, 0.2) is 70.9 Å². The molecule has 0 saturated heterocycles. The first kappa shape index (κ1) is 24.2. The zero-order valence-electron chi connectivity index (χ0n) is 18.6. The zero-order valence-corrected chi connectivity index (χ0v) is 20.3. The molecule has 5 nitrogen and oxygen atoms in total. The molecule has 0 bridgehead atoms. The lowest BCUT2D eigenvalue weighted by molar-refractivity contribution is -0.156. The Balaban J connectivity index is 1.48. The Hall–Kier alpha value is -2.40. The van der Waals surface area contributed by atoms with Gasteiger partial charge in [0, 0.05) is 18.3 Å². The van der Waals surface area contributed by atoms with E-state index in [4.69, 9.17) is 0 Å². The number of pyridine rings is 1. The summed E-state index contributed by atoms with van der Waals surface area (Å²) in [5.74, 6) is 0.177. The molecule has 0 fully saturated rings. The molecule has 0 aliphatic rings. The number of thiophene rings is 1. The lowest BCUT2D eigenvalue weighted by atomic mass is 10.0. The molecule has 2 aromatic heterocycles. The van der Waals surface area contributed by atoms with Gasteiger partial charge in [-0.3, -0.25) is 9.78 Å². The summed E-state index contributed by atoms with van der Waals surface area (Å²) in [4.78, 5) is 30.6. The van der Waals surface area contributed by atoms with Gasteiger partial charge >= 0.3 is 0 Å². The summed E-state index contributed by atoms with van der Waals surface area (Å²) in [6, 6.07) is 17.6. The van der Waals surface area contributed by atoms with Crippen molar-refractivity contribution < 1.29 is 9.69 Å². The standard InChI is InChI=1S/C25H30N3O2PS/c1-19(2)17-24(28-31(30)18-22-8-6-16-32-22)25(29)27-15-5-7-20-10-12-21(13-11-20)23-9-3-4-14-26-23/h3-4,6,8-14,16,19,24H,5,7,15,17-18H2,1-2H3,(H,27,29)/t24-/m0/s1. The molecule has 1 aromatic carbocycles. The van der Waals surface area contributed by atoms with Gasteiger partial charge in [0.1, 0.15) is 0 Å². The fraction of sp³-hybridized carbons (Fsp3) is 0.360. The molecule has 3 rings (SSSR count). The van der Waals surface area contributed by atoms with Crippen molar-refractivity contribution in [3.05, 3.63) is 76.6 Å². The molecule has 2 atom stereocenters. The van der Waals surface area contributed by atoms with Gasteiger partial charge in [0.05, 0.1) is 10.6 Å². The first-order valence-electron chi connectivity index (χ1n) is 11.0. The average Bonchev–Trinajstić information content (AvgIpc) is 3.29. The first-order chi connectivity index (χ1) is 15.5. The molecule has 1 amide bonds. The summed E-state index contributed by atoms with van der Waals surface area (Å²) in [6.45, 7) is 4.68. The second kappa shape index (κ2) is 12.6. The second-order valence-electron chi connectivity index (χ2n) is 8.16. The number of nitrogens with one attached hydrogen (secondary N) is 1. The minimum atomic E-state index is -1.79. The molecule has 1 N–H and O–H groups in total. The summed E-state index contributed by atoms with van der Waals surface area (Å²) in [5.41, 5.74) is 3.28. The van der Waals surface area contributed by atoms with Crippen molar-refractivity contribution in [2.75, 3.05) is 6.54 Å². The monoisotopic (exact) mass is 467 g/mol. The van der Waals surface area contributed by atoms with E-state index in [9.17, 15) is 9.69 Å². The molecule has 168 valence electrons. The Kier molecular flexibility index (Phi) is 9.54. The summed E-state index contributed by atoms with van der Waals surface area (Å²) in [6.07, 6.45) is 4.52. The van der Waals surface area contributed by atoms with Gasteiger partial charge in [-0.25, -0.2) is 0 Å². The Morgan fingerprint density at radius 3 is 2.62 bits per heavy atom.